The van der Waals surface area contributed by atoms with Crippen molar-refractivity contribution in [1.82, 2.24) is 5.32 Å². The van der Waals surface area contributed by atoms with E-state index in [0.29, 0.717) is 6.42 Å². The van der Waals surface area contributed by atoms with Crippen molar-refractivity contribution in [1.29, 1.82) is 0 Å². The maximum absolute atomic E-state index is 13.4. The molecule has 134 valence electrons. The van der Waals surface area contributed by atoms with Crippen molar-refractivity contribution in [2.24, 2.45) is 0 Å². The van der Waals surface area contributed by atoms with Crippen LogP contribution in [0.3, 0.4) is 0 Å². The van der Waals surface area contributed by atoms with E-state index >= 15 is 0 Å². The normalized spacial score (nSPS) is 12.4. The van der Waals surface area contributed by atoms with Crippen LogP contribution in [0, 0.1) is 5.82 Å². The van der Waals surface area contributed by atoms with Crippen molar-refractivity contribution >= 4 is 21.6 Å². The first kappa shape index (κ1) is 18.9. The van der Waals surface area contributed by atoms with Crippen molar-refractivity contribution in [2.75, 3.05) is 17.1 Å². The number of hydrogen-bond acceptors (Lipinski definition) is 3. The summed E-state index contributed by atoms with van der Waals surface area (Å²) in [6, 6.07) is 14.4. The van der Waals surface area contributed by atoms with Gasteiger partial charge in [0.1, 0.15) is 12.4 Å². The number of nitrogens with zero attached hydrogens (tertiary/aromatic N) is 1. The molecule has 1 atom stereocenters. The molecule has 0 radical (unpaired) electrons. The Morgan fingerprint density at radius 3 is 2.40 bits per heavy atom. The van der Waals surface area contributed by atoms with Gasteiger partial charge in [0.25, 0.3) is 0 Å². The third-order valence-electron chi connectivity index (χ3n) is 3.73. The van der Waals surface area contributed by atoms with Crippen molar-refractivity contribution in [2.45, 2.75) is 19.4 Å². The zero-order valence-electron chi connectivity index (χ0n) is 14.1. The predicted molar refractivity (Wildman–Crippen MR) is 96.2 cm³/mol. The highest BCUT2D eigenvalue weighted by Gasteiger charge is 2.22. The second kappa shape index (κ2) is 8.11. The number of amides is 1. The SMILES string of the molecule is CCC(NC(=O)CN(c1cccc(F)c1)S(C)(=O)=O)c1ccccc1. The van der Waals surface area contributed by atoms with Gasteiger partial charge in [0.15, 0.2) is 0 Å². The van der Waals surface area contributed by atoms with Gasteiger partial charge in [-0.05, 0) is 30.2 Å². The largest absolute Gasteiger partial charge is 0.348 e. The Hall–Kier alpha value is -2.41. The van der Waals surface area contributed by atoms with Crippen LogP contribution in [0.25, 0.3) is 0 Å². The fourth-order valence-electron chi connectivity index (χ4n) is 2.51. The minimum atomic E-state index is -3.73. The molecule has 1 unspecified atom stereocenters. The number of nitrogens with one attached hydrogen (secondary N) is 1. The smallest absolute Gasteiger partial charge is 0.241 e. The van der Waals surface area contributed by atoms with Gasteiger partial charge in [0, 0.05) is 0 Å². The third kappa shape index (κ3) is 5.29. The minimum absolute atomic E-state index is 0.116. The maximum atomic E-state index is 13.4. The second-order valence-electron chi connectivity index (χ2n) is 5.69. The summed E-state index contributed by atoms with van der Waals surface area (Å²) in [5.74, 6) is -1.02. The summed E-state index contributed by atoms with van der Waals surface area (Å²) < 4.78 is 38.4. The number of hydrogen-bond donors (Lipinski definition) is 1. The lowest BCUT2D eigenvalue weighted by Gasteiger charge is -2.24. The van der Waals surface area contributed by atoms with Crippen LogP contribution in [-0.2, 0) is 14.8 Å². The molecule has 0 aliphatic rings. The molecule has 0 heterocycles. The summed E-state index contributed by atoms with van der Waals surface area (Å²) in [6.07, 6.45) is 1.65. The van der Waals surface area contributed by atoms with E-state index < -0.39 is 28.3 Å². The lowest BCUT2D eigenvalue weighted by Crippen LogP contribution is -2.41. The lowest BCUT2D eigenvalue weighted by atomic mass is 10.0. The van der Waals surface area contributed by atoms with Crippen LogP contribution in [0.2, 0.25) is 0 Å². The Balaban J connectivity index is 2.17. The summed E-state index contributed by atoms with van der Waals surface area (Å²) in [4.78, 5) is 12.4. The van der Waals surface area contributed by atoms with E-state index in [-0.39, 0.29) is 11.7 Å². The van der Waals surface area contributed by atoms with Gasteiger partial charge < -0.3 is 5.32 Å². The summed E-state index contributed by atoms with van der Waals surface area (Å²) in [6.45, 7) is 1.52. The van der Waals surface area contributed by atoms with E-state index in [1.54, 1.807) is 0 Å². The molecule has 5 nitrogen and oxygen atoms in total. The van der Waals surface area contributed by atoms with Gasteiger partial charge in [-0.1, -0.05) is 43.3 Å². The molecular formula is C18H21FN2O3S. The van der Waals surface area contributed by atoms with Crippen LogP contribution in [0.1, 0.15) is 24.9 Å². The summed E-state index contributed by atoms with van der Waals surface area (Å²) in [7, 11) is -3.73. The molecule has 2 aromatic carbocycles. The first-order valence-corrected chi connectivity index (χ1v) is 9.73. The molecule has 7 heteroatoms. The number of rotatable bonds is 7. The number of anilines is 1. The zero-order chi connectivity index (χ0) is 18.4. The predicted octanol–water partition coefficient (Wildman–Crippen LogP) is 2.86. The van der Waals surface area contributed by atoms with Crippen molar-refractivity contribution < 1.29 is 17.6 Å². The molecule has 0 fully saturated rings. The van der Waals surface area contributed by atoms with Gasteiger partial charge in [-0.3, -0.25) is 9.10 Å². The van der Waals surface area contributed by atoms with Crippen molar-refractivity contribution in [3.8, 4) is 0 Å². The standard InChI is InChI=1S/C18H21FN2O3S/c1-3-17(14-8-5-4-6-9-14)20-18(22)13-21(25(2,23)24)16-11-7-10-15(19)12-16/h4-12,17H,3,13H2,1-2H3,(H,20,22). The molecule has 0 spiro atoms. The highest BCUT2D eigenvalue weighted by molar-refractivity contribution is 7.92. The minimum Gasteiger partial charge on any atom is -0.348 e. The molecule has 0 aliphatic carbocycles. The number of carbonyl (C=O) groups excluding carboxylic acids is 1. The van der Waals surface area contributed by atoms with Crippen molar-refractivity contribution in [3.63, 3.8) is 0 Å². The Kier molecular flexibility index (Phi) is 6.14. The Morgan fingerprint density at radius 1 is 1.16 bits per heavy atom. The van der Waals surface area contributed by atoms with Gasteiger partial charge in [-0.15, -0.1) is 0 Å². The van der Waals surface area contributed by atoms with Crippen LogP contribution in [0.15, 0.2) is 54.6 Å². The van der Waals surface area contributed by atoms with Gasteiger partial charge in [-0.25, -0.2) is 12.8 Å². The molecule has 0 saturated heterocycles. The second-order valence-corrected chi connectivity index (χ2v) is 7.60. The average molecular weight is 364 g/mol. The Morgan fingerprint density at radius 2 is 1.84 bits per heavy atom. The number of carbonyl (C=O) groups is 1. The molecule has 25 heavy (non-hydrogen) atoms. The quantitative estimate of drug-likeness (QED) is 0.821. The number of halogens is 1. The fourth-order valence-corrected chi connectivity index (χ4v) is 3.36. The topological polar surface area (TPSA) is 66.5 Å². The number of sulfonamides is 1. The van der Waals surface area contributed by atoms with Crippen molar-refractivity contribution in [3.05, 3.63) is 66.0 Å². The number of benzene rings is 2. The van der Waals surface area contributed by atoms with E-state index in [1.165, 1.54) is 18.2 Å². The molecule has 2 aromatic rings. The molecule has 0 bridgehead atoms. The van der Waals surface area contributed by atoms with Gasteiger partial charge in [0.05, 0.1) is 18.0 Å². The molecule has 0 aromatic heterocycles. The van der Waals surface area contributed by atoms with E-state index in [4.69, 9.17) is 0 Å². The van der Waals surface area contributed by atoms with Crippen LogP contribution >= 0.6 is 0 Å². The third-order valence-corrected chi connectivity index (χ3v) is 4.87. The van der Waals surface area contributed by atoms with Crippen LogP contribution in [-0.4, -0.2) is 27.1 Å². The van der Waals surface area contributed by atoms with Crippen LogP contribution < -0.4 is 9.62 Å². The average Bonchev–Trinajstić information content (AvgIpc) is 2.57. The summed E-state index contributed by atoms with van der Waals surface area (Å²) >= 11 is 0. The molecule has 0 saturated carbocycles. The van der Waals surface area contributed by atoms with Gasteiger partial charge >= 0.3 is 0 Å². The fraction of sp³-hybridized carbons (Fsp3) is 0.278. The maximum Gasteiger partial charge on any atom is 0.241 e. The van der Waals surface area contributed by atoms with E-state index in [1.807, 2.05) is 37.3 Å². The van der Waals surface area contributed by atoms with E-state index in [2.05, 4.69) is 5.32 Å². The van der Waals surface area contributed by atoms with Gasteiger partial charge in [0.2, 0.25) is 15.9 Å². The molecule has 1 amide bonds. The lowest BCUT2D eigenvalue weighted by molar-refractivity contribution is -0.120. The van der Waals surface area contributed by atoms with Crippen LogP contribution in [0.5, 0.6) is 0 Å². The monoisotopic (exact) mass is 364 g/mol. The first-order chi connectivity index (χ1) is 11.8. The summed E-state index contributed by atoms with van der Waals surface area (Å²) in [5.41, 5.74) is 1.06. The van der Waals surface area contributed by atoms with Gasteiger partial charge in [-0.2, -0.15) is 0 Å². The first-order valence-electron chi connectivity index (χ1n) is 7.89. The zero-order valence-corrected chi connectivity index (χ0v) is 15.0. The Bertz CT molecular complexity index is 825. The highest BCUT2D eigenvalue weighted by Crippen LogP contribution is 2.19. The molecule has 2 rings (SSSR count). The molecule has 1 N–H and O–H groups in total. The van der Waals surface area contributed by atoms with Crippen LogP contribution in [0.4, 0.5) is 10.1 Å². The summed E-state index contributed by atoms with van der Waals surface area (Å²) in [5, 5.41) is 2.83. The van der Waals surface area contributed by atoms with E-state index in [0.717, 1.165) is 22.2 Å². The molecule has 0 aliphatic heterocycles. The van der Waals surface area contributed by atoms with E-state index in [9.17, 15) is 17.6 Å². The molecular weight excluding hydrogens is 343 g/mol. The Labute approximate surface area is 147 Å². The highest BCUT2D eigenvalue weighted by atomic mass is 32.2.